The van der Waals surface area contributed by atoms with Crippen molar-refractivity contribution in [1.29, 1.82) is 0 Å². The Balaban J connectivity index is 1.45. The minimum Gasteiger partial charge on any atom is -0.489 e. The standard InChI is InChI=1S/C23H24N2O/c1-24-14-22(21-15-25-11-9-18(21)10-12-25)20-13-19(7-8-23(20)24)26-16-17-5-3-2-4-6-17/h2-8,13-15,18H,9-12,16H2,1H3. The summed E-state index contributed by atoms with van der Waals surface area (Å²) in [5, 5.41) is 1.30. The van der Waals surface area contributed by atoms with Gasteiger partial charge in [0.15, 0.2) is 0 Å². The summed E-state index contributed by atoms with van der Waals surface area (Å²) >= 11 is 0. The van der Waals surface area contributed by atoms with Crippen molar-refractivity contribution in [3.05, 3.63) is 78.3 Å². The molecule has 0 saturated carbocycles. The Hall–Kier alpha value is -2.26. The molecule has 0 spiro atoms. The van der Waals surface area contributed by atoms with E-state index in [2.05, 4.69) is 71.7 Å². The van der Waals surface area contributed by atoms with Crippen LogP contribution in [0.25, 0.3) is 10.9 Å². The van der Waals surface area contributed by atoms with Crippen molar-refractivity contribution in [2.24, 2.45) is 13.0 Å². The van der Waals surface area contributed by atoms with Crippen LogP contribution in [0.15, 0.2) is 54.7 Å². The molecule has 0 N–H and O–H groups in total. The molecule has 3 heteroatoms. The molecule has 0 amide bonds. The number of benzene rings is 2. The quantitative estimate of drug-likeness (QED) is 0.690. The number of nitrogens with zero attached hydrogens (tertiary/aromatic N) is 2. The van der Waals surface area contributed by atoms with Crippen molar-refractivity contribution in [3.63, 3.8) is 0 Å². The highest BCUT2D eigenvalue weighted by atomic mass is 16.5. The number of aromatic nitrogens is 1. The lowest BCUT2D eigenvalue weighted by Crippen LogP contribution is -2.43. The fraction of sp³-hybridized carbons (Fsp3) is 0.304. The topological polar surface area (TPSA) is 17.4 Å². The Morgan fingerprint density at radius 2 is 1.85 bits per heavy atom. The molecule has 3 aromatic rings. The largest absolute Gasteiger partial charge is 0.489 e. The van der Waals surface area contributed by atoms with E-state index in [1.807, 2.05) is 6.07 Å². The summed E-state index contributed by atoms with van der Waals surface area (Å²) in [7, 11) is 2.14. The van der Waals surface area contributed by atoms with Crippen LogP contribution >= 0.6 is 0 Å². The molecule has 3 fully saturated rings. The van der Waals surface area contributed by atoms with Crippen LogP contribution in [0.5, 0.6) is 5.75 Å². The SMILES string of the molecule is Cn1cc([C]2[CH]N3CCC2CC3)c2cc(OCc3ccccc3)ccc21. The van der Waals surface area contributed by atoms with Gasteiger partial charge in [-0.25, -0.2) is 0 Å². The van der Waals surface area contributed by atoms with Crippen molar-refractivity contribution < 1.29 is 4.74 Å². The minimum atomic E-state index is 0.605. The van der Waals surface area contributed by atoms with Gasteiger partial charge in [-0.2, -0.15) is 0 Å². The van der Waals surface area contributed by atoms with Gasteiger partial charge in [0.25, 0.3) is 0 Å². The van der Waals surface area contributed by atoms with Gasteiger partial charge in [0.2, 0.25) is 0 Å². The summed E-state index contributed by atoms with van der Waals surface area (Å²) in [6.07, 6.45) is 4.86. The van der Waals surface area contributed by atoms with E-state index in [0.717, 1.165) is 5.75 Å². The molecule has 2 radical (unpaired) electrons. The van der Waals surface area contributed by atoms with Crippen molar-refractivity contribution in [3.8, 4) is 5.75 Å². The lowest BCUT2D eigenvalue weighted by Gasteiger charge is -2.44. The van der Waals surface area contributed by atoms with Gasteiger partial charge in [0.05, 0.1) is 0 Å². The minimum absolute atomic E-state index is 0.605. The van der Waals surface area contributed by atoms with Gasteiger partial charge in [-0.3, -0.25) is 4.90 Å². The maximum Gasteiger partial charge on any atom is 0.120 e. The third-order valence-electron chi connectivity index (χ3n) is 5.81. The molecule has 3 saturated heterocycles. The van der Waals surface area contributed by atoms with Crippen LogP contribution in [0.2, 0.25) is 0 Å². The number of aryl methyl sites for hydroxylation is 1. The maximum absolute atomic E-state index is 6.07. The molecule has 1 aromatic heterocycles. The predicted molar refractivity (Wildman–Crippen MR) is 105 cm³/mol. The molecule has 0 atom stereocenters. The first kappa shape index (κ1) is 16.0. The van der Waals surface area contributed by atoms with E-state index in [4.69, 9.17) is 4.74 Å². The van der Waals surface area contributed by atoms with Gasteiger partial charge in [-0.15, -0.1) is 0 Å². The van der Waals surface area contributed by atoms with Crippen LogP contribution in [0.1, 0.15) is 24.0 Å². The Morgan fingerprint density at radius 3 is 2.58 bits per heavy atom. The number of rotatable bonds is 4. The zero-order valence-electron chi connectivity index (χ0n) is 15.2. The van der Waals surface area contributed by atoms with Gasteiger partial charge in [-0.05, 0) is 61.2 Å². The molecule has 0 unspecified atom stereocenters. The smallest absolute Gasteiger partial charge is 0.120 e. The zero-order chi connectivity index (χ0) is 17.5. The monoisotopic (exact) mass is 344 g/mol. The van der Waals surface area contributed by atoms with Gasteiger partial charge >= 0.3 is 0 Å². The zero-order valence-corrected chi connectivity index (χ0v) is 15.2. The summed E-state index contributed by atoms with van der Waals surface area (Å²) < 4.78 is 8.31. The highest BCUT2D eigenvalue weighted by Crippen LogP contribution is 2.43. The number of piperidine rings is 3. The summed E-state index contributed by atoms with van der Waals surface area (Å²) in [5.74, 6) is 3.16. The van der Waals surface area contributed by atoms with Crippen LogP contribution in [-0.2, 0) is 13.7 Å². The van der Waals surface area contributed by atoms with Crippen molar-refractivity contribution in [2.45, 2.75) is 19.4 Å². The number of hydrogen-bond donors (Lipinski definition) is 0. The first-order chi connectivity index (χ1) is 12.8. The molecule has 3 aliphatic rings. The average Bonchev–Trinajstić information content (AvgIpc) is 3.04. The fourth-order valence-electron chi connectivity index (χ4n) is 4.36. The summed E-state index contributed by atoms with van der Waals surface area (Å²) in [5.41, 5.74) is 3.84. The lowest BCUT2D eigenvalue weighted by atomic mass is 9.75. The molecule has 4 heterocycles. The Kier molecular flexibility index (Phi) is 3.97. The van der Waals surface area contributed by atoms with Crippen LogP contribution in [0.3, 0.4) is 0 Å². The van der Waals surface area contributed by atoms with E-state index in [-0.39, 0.29) is 0 Å². The molecular formula is C23H24N2O. The van der Waals surface area contributed by atoms with Gasteiger partial charge < -0.3 is 9.30 Å². The van der Waals surface area contributed by atoms with Crippen molar-refractivity contribution >= 4 is 10.9 Å². The van der Waals surface area contributed by atoms with E-state index in [0.29, 0.717) is 12.5 Å². The molecule has 3 nitrogen and oxygen atoms in total. The van der Waals surface area contributed by atoms with Crippen LogP contribution in [0.4, 0.5) is 0 Å². The Labute approximate surface area is 155 Å². The molecule has 6 rings (SSSR count). The molecule has 26 heavy (non-hydrogen) atoms. The average molecular weight is 344 g/mol. The highest BCUT2D eigenvalue weighted by Gasteiger charge is 2.37. The molecule has 0 aliphatic carbocycles. The van der Waals surface area contributed by atoms with E-state index in [9.17, 15) is 0 Å². The van der Waals surface area contributed by atoms with Gasteiger partial charge in [-0.1, -0.05) is 30.3 Å². The first-order valence-corrected chi connectivity index (χ1v) is 9.50. The first-order valence-electron chi connectivity index (χ1n) is 9.50. The van der Waals surface area contributed by atoms with Crippen LogP contribution in [-0.4, -0.2) is 22.6 Å². The van der Waals surface area contributed by atoms with Crippen LogP contribution in [0, 0.1) is 18.4 Å². The molecule has 2 bridgehead atoms. The molecule has 3 aliphatic heterocycles. The third-order valence-corrected chi connectivity index (χ3v) is 5.81. The fourth-order valence-corrected chi connectivity index (χ4v) is 4.36. The van der Waals surface area contributed by atoms with Gasteiger partial charge in [0, 0.05) is 36.6 Å². The second-order valence-corrected chi connectivity index (χ2v) is 7.50. The second kappa shape index (κ2) is 6.48. The molecule has 2 aromatic carbocycles. The molecule has 132 valence electrons. The normalized spacial score (nSPS) is 22.8. The van der Waals surface area contributed by atoms with Crippen LogP contribution < -0.4 is 4.74 Å². The predicted octanol–water partition coefficient (Wildman–Crippen LogP) is 4.57. The number of hydrogen-bond acceptors (Lipinski definition) is 2. The summed E-state index contributed by atoms with van der Waals surface area (Å²) in [6, 6.07) is 16.8. The van der Waals surface area contributed by atoms with E-state index in [1.54, 1.807) is 0 Å². The number of ether oxygens (including phenoxy) is 1. The lowest BCUT2D eigenvalue weighted by molar-refractivity contribution is 0.179. The highest BCUT2D eigenvalue weighted by molar-refractivity contribution is 5.88. The third kappa shape index (κ3) is 2.80. The van der Waals surface area contributed by atoms with E-state index in [1.165, 1.54) is 53.9 Å². The van der Waals surface area contributed by atoms with Crippen molar-refractivity contribution in [1.82, 2.24) is 9.47 Å². The van der Waals surface area contributed by atoms with Crippen molar-refractivity contribution in [2.75, 3.05) is 13.1 Å². The van der Waals surface area contributed by atoms with E-state index < -0.39 is 0 Å². The second-order valence-electron chi connectivity index (χ2n) is 7.50. The summed E-state index contributed by atoms with van der Waals surface area (Å²) in [6.45, 7) is 5.42. The summed E-state index contributed by atoms with van der Waals surface area (Å²) in [4.78, 5) is 2.48. The Morgan fingerprint density at radius 1 is 1.04 bits per heavy atom. The Bertz CT molecular complexity index is 907. The maximum atomic E-state index is 6.07. The number of fused-ring (bicyclic) bond motifs is 4. The van der Waals surface area contributed by atoms with E-state index >= 15 is 0 Å². The van der Waals surface area contributed by atoms with Gasteiger partial charge in [0.1, 0.15) is 12.4 Å². The molecular weight excluding hydrogens is 320 g/mol.